The molecule has 0 unspecified atom stereocenters. The summed E-state index contributed by atoms with van der Waals surface area (Å²) in [5, 5.41) is 2.81. The van der Waals surface area contributed by atoms with E-state index in [9.17, 15) is 0 Å². The van der Waals surface area contributed by atoms with E-state index in [1.807, 2.05) is 0 Å². The van der Waals surface area contributed by atoms with Crippen LogP contribution >= 0.6 is 0 Å². The second kappa shape index (κ2) is 6.74. The number of nitrogens with zero attached hydrogens (tertiary/aromatic N) is 1. The van der Waals surface area contributed by atoms with Crippen molar-refractivity contribution in [2.75, 3.05) is 0 Å². The van der Waals surface area contributed by atoms with Gasteiger partial charge in [0, 0.05) is 32.9 Å². The molecule has 2 aliphatic rings. The van der Waals surface area contributed by atoms with Gasteiger partial charge >= 0.3 is 6.85 Å². The van der Waals surface area contributed by atoms with Gasteiger partial charge in [0.25, 0.3) is 0 Å². The zero-order chi connectivity index (χ0) is 25.3. The molecule has 7 rings (SSSR count). The minimum atomic E-state index is 0.0749. The fraction of sp³-hybridized carbons (Fsp3) is 0.294. The van der Waals surface area contributed by atoms with Crippen LogP contribution in [0.2, 0.25) is 0 Å². The van der Waals surface area contributed by atoms with Crippen molar-refractivity contribution in [3.8, 4) is 22.3 Å². The van der Waals surface area contributed by atoms with Gasteiger partial charge in [0.05, 0.1) is 0 Å². The summed E-state index contributed by atoms with van der Waals surface area (Å²) in [6, 6.07) is 24.1. The highest BCUT2D eigenvalue weighted by Crippen LogP contribution is 2.47. The molecule has 178 valence electrons. The van der Waals surface area contributed by atoms with Crippen molar-refractivity contribution in [3.63, 3.8) is 0 Å². The normalized spacial score (nSPS) is 14.1. The van der Waals surface area contributed by atoms with E-state index in [1.165, 1.54) is 77.2 Å². The molecule has 0 aliphatic carbocycles. The molecule has 0 amide bonds. The van der Waals surface area contributed by atoms with Crippen molar-refractivity contribution in [2.24, 2.45) is 0 Å². The van der Waals surface area contributed by atoms with Crippen molar-refractivity contribution < 1.29 is 0 Å². The second-order valence-corrected chi connectivity index (χ2v) is 13.3. The van der Waals surface area contributed by atoms with E-state index < -0.39 is 0 Å². The van der Waals surface area contributed by atoms with Crippen LogP contribution in [0.15, 0.2) is 60.7 Å². The molecule has 36 heavy (non-hydrogen) atoms. The summed E-state index contributed by atoms with van der Waals surface area (Å²) in [4.78, 5) is 0. The topological polar surface area (TPSA) is 4.93 Å². The second-order valence-electron chi connectivity index (χ2n) is 13.3. The first kappa shape index (κ1) is 22.0. The van der Waals surface area contributed by atoms with Crippen molar-refractivity contribution in [2.45, 2.75) is 66.2 Å². The fourth-order valence-electron chi connectivity index (χ4n) is 6.60. The average molecular weight is 467 g/mol. The number of fused-ring (bicyclic) bond motifs is 7. The third-order valence-electron chi connectivity index (χ3n) is 8.57. The fourth-order valence-corrected chi connectivity index (χ4v) is 6.60. The maximum atomic E-state index is 2.69. The third-order valence-corrected chi connectivity index (χ3v) is 8.57. The molecule has 5 aromatic rings. The Kier molecular flexibility index (Phi) is 4.11. The minimum Gasteiger partial charge on any atom is -0.375 e. The van der Waals surface area contributed by atoms with Gasteiger partial charge in [-0.3, -0.25) is 0 Å². The van der Waals surface area contributed by atoms with Crippen LogP contribution in [0.3, 0.4) is 0 Å². The van der Waals surface area contributed by atoms with Crippen LogP contribution in [0.5, 0.6) is 0 Å². The van der Waals surface area contributed by atoms with E-state index in [1.54, 1.807) is 0 Å². The van der Waals surface area contributed by atoms with Gasteiger partial charge in [0.15, 0.2) is 0 Å². The molecule has 2 aliphatic heterocycles. The Labute approximate surface area is 215 Å². The van der Waals surface area contributed by atoms with Crippen LogP contribution in [0, 0.1) is 13.8 Å². The van der Waals surface area contributed by atoms with Gasteiger partial charge in [-0.15, -0.1) is 0 Å². The molecule has 0 fully saturated rings. The lowest BCUT2D eigenvalue weighted by Gasteiger charge is -2.34. The number of rotatable bonds is 0. The van der Waals surface area contributed by atoms with Gasteiger partial charge in [-0.2, -0.15) is 0 Å². The molecule has 1 nitrogen and oxygen atoms in total. The lowest BCUT2D eigenvalue weighted by Crippen LogP contribution is -2.53. The van der Waals surface area contributed by atoms with E-state index in [2.05, 4.69) is 121 Å². The Hall–Kier alpha value is -3.26. The zero-order valence-electron chi connectivity index (χ0n) is 22.8. The highest BCUT2D eigenvalue weighted by Gasteiger charge is 2.40. The van der Waals surface area contributed by atoms with E-state index in [-0.39, 0.29) is 17.7 Å². The van der Waals surface area contributed by atoms with Crippen molar-refractivity contribution >= 4 is 39.6 Å². The maximum absolute atomic E-state index is 2.69. The van der Waals surface area contributed by atoms with Crippen molar-refractivity contribution in [1.82, 2.24) is 4.48 Å². The highest BCUT2D eigenvalue weighted by atomic mass is 14.9. The summed E-state index contributed by atoms with van der Waals surface area (Å²) < 4.78 is 2.69. The Morgan fingerprint density at radius 3 is 1.33 bits per heavy atom. The predicted octanol–water partition coefficient (Wildman–Crippen LogP) is 7.62. The van der Waals surface area contributed by atoms with Crippen LogP contribution in [0.4, 0.5) is 0 Å². The molecular formula is C34H34BN. The number of benzene rings is 4. The predicted molar refractivity (Wildman–Crippen MR) is 158 cm³/mol. The van der Waals surface area contributed by atoms with Crippen LogP contribution in [0.1, 0.15) is 63.8 Å². The number of hydrogen-bond acceptors (Lipinski definition) is 0. The maximum Gasteiger partial charge on any atom is 0.329 e. The van der Waals surface area contributed by atoms with E-state index in [0.29, 0.717) is 0 Å². The SMILES string of the molecule is Cc1ccc2c(c1)B1c3cc(C)ccc3-c3cc(C(C)(C)C)cc4c5cc(C(C)(C)C)cc-2c5n1c34. The molecule has 0 atom stereocenters. The third kappa shape index (κ3) is 2.79. The van der Waals surface area contributed by atoms with E-state index in [0.717, 1.165) is 0 Å². The molecule has 3 heterocycles. The van der Waals surface area contributed by atoms with Gasteiger partial charge in [-0.25, -0.2) is 0 Å². The highest BCUT2D eigenvalue weighted by molar-refractivity contribution is 6.88. The van der Waals surface area contributed by atoms with E-state index >= 15 is 0 Å². The van der Waals surface area contributed by atoms with Crippen molar-refractivity contribution in [1.29, 1.82) is 0 Å². The molecule has 0 saturated heterocycles. The summed E-state index contributed by atoms with van der Waals surface area (Å²) in [6.07, 6.45) is 0. The first-order chi connectivity index (χ1) is 16.9. The molecule has 0 bridgehead atoms. The minimum absolute atomic E-state index is 0.0749. The molecule has 2 heteroatoms. The smallest absolute Gasteiger partial charge is 0.329 e. The summed E-state index contributed by atoms with van der Waals surface area (Å²) in [5.74, 6) is 0. The van der Waals surface area contributed by atoms with E-state index in [4.69, 9.17) is 0 Å². The number of aromatic nitrogens is 1. The van der Waals surface area contributed by atoms with Crippen LogP contribution < -0.4 is 10.9 Å². The number of hydrogen-bond donors (Lipinski definition) is 0. The van der Waals surface area contributed by atoms with Crippen LogP contribution in [-0.2, 0) is 10.8 Å². The largest absolute Gasteiger partial charge is 0.375 e. The summed E-state index contributed by atoms with van der Waals surface area (Å²) in [7, 11) is 0. The Bertz CT molecular complexity index is 1640. The quantitative estimate of drug-likeness (QED) is 0.202. The van der Waals surface area contributed by atoms with Gasteiger partial charge in [0.2, 0.25) is 0 Å². The summed E-state index contributed by atoms with van der Waals surface area (Å²) in [6.45, 7) is 18.7. The van der Waals surface area contributed by atoms with Gasteiger partial charge in [-0.1, -0.05) is 89.1 Å². The molecule has 0 spiro atoms. The summed E-state index contributed by atoms with van der Waals surface area (Å²) in [5.41, 5.74) is 16.8. The summed E-state index contributed by atoms with van der Waals surface area (Å²) >= 11 is 0. The molecule has 0 saturated carbocycles. The Morgan fingerprint density at radius 1 is 0.528 bits per heavy atom. The van der Waals surface area contributed by atoms with Crippen molar-refractivity contribution in [3.05, 3.63) is 82.9 Å². The molecule has 4 aromatic carbocycles. The Morgan fingerprint density at radius 2 is 0.944 bits per heavy atom. The molecule has 0 N–H and O–H groups in total. The van der Waals surface area contributed by atoms with Gasteiger partial charge < -0.3 is 4.48 Å². The van der Waals surface area contributed by atoms with Gasteiger partial charge in [-0.05, 0) is 82.1 Å². The zero-order valence-corrected chi connectivity index (χ0v) is 22.8. The van der Waals surface area contributed by atoms with Crippen LogP contribution in [0.25, 0.3) is 44.1 Å². The molecular weight excluding hydrogens is 433 g/mol. The number of aryl methyl sites for hydroxylation is 2. The molecule has 0 radical (unpaired) electrons. The van der Waals surface area contributed by atoms with Crippen LogP contribution in [-0.4, -0.2) is 11.3 Å². The first-order valence-corrected chi connectivity index (χ1v) is 13.3. The average Bonchev–Trinajstić information content (AvgIpc) is 3.13. The Balaban J connectivity index is 1.78. The van der Waals surface area contributed by atoms with Gasteiger partial charge in [0.1, 0.15) is 0 Å². The monoisotopic (exact) mass is 467 g/mol. The lowest BCUT2D eigenvalue weighted by atomic mass is 9.45. The standard InChI is InChI=1S/C34H34BN/c1-19-9-11-23-25-15-21(33(3,4)5)17-27-28-18-22(34(6,7)8)16-26-24-12-10-20(2)14-30(24)35(29(23)13-19)36(31(25)27)32(26)28/h9-18H,1-8H3. The lowest BCUT2D eigenvalue weighted by molar-refractivity contribution is 0.590. The molecule has 1 aromatic heterocycles. The first-order valence-electron chi connectivity index (χ1n) is 13.3.